The second-order valence-electron chi connectivity index (χ2n) is 4.39. The Morgan fingerprint density at radius 1 is 1.38 bits per heavy atom. The van der Waals surface area contributed by atoms with E-state index in [1.165, 1.54) is 6.42 Å². The predicted octanol–water partition coefficient (Wildman–Crippen LogP) is 1.57. The number of fused-ring (bicyclic) bond motifs is 1. The molecular weight excluding hydrogens is 204 g/mol. The van der Waals surface area contributed by atoms with Crippen molar-refractivity contribution in [2.24, 2.45) is 5.73 Å². The monoisotopic (exact) mass is 218 g/mol. The standard InChI is InChI=1S/C12H14N2O2/c13-11-9-5-4-8(16-7-2-1-3-7)6-10(9)14-12(11)15/h4-7,11H,1-3,13H2,(H,14,15). The summed E-state index contributed by atoms with van der Waals surface area (Å²) in [5.41, 5.74) is 7.36. The van der Waals surface area contributed by atoms with Gasteiger partial charge in [0.2, 0.25) is 5.91 Å². The summed E-state index contributed by atoms with van der Waals surface area (Å²) in [4.78, 5) is 11.4. The number of ether oxygens (including phenoxy) is 1. The summed E-state index contributed by atoms with van der Waals surface area (Å²) in [6.45, 7) is 0. The van der Waals surface area contributed by atoms with Crippen LogP contribution in [0.1, 0.15) is 30.9 Å². The fourth-order valence-electron chi connectivity index (χ4n) is 2.02. The minimum Gasteiger partial charge on any atom is -0.490 e. The highest BCUT2D eigenvalue weighted by molar-refractivity contribution is 6.02. The van der Waals surface area contributed by atoms with Crippen LogP contribution >= 0.6 is 0 Å². The predicted molar refractivity (Wildman–Crippen MR) is 60.3 cm³/mol. The second kappa shape index (κ2) is 3.49. The summed E-state index contributed by atoms with van der Waals surface area (Å²) in [5, 5.41) is 2.75. The largest absolute Gasteiger partial charge is 0.490 e. The first-order valence-corrected chi connectivity index (χ1v) is 5.61. The van der Waals surface area contributed by atoms with Crippen LogP contribution in [0.5, 0.6) is 5.75 Å². The van der Waals surface area contributed by atoms with Crippen molar-refractivity contribution in [2.45, 2.75) is 31.4 Å². The Kier molecular flexibility index (Phi) is 2.11. The number of hydrogen-bond acceptors (Lipinski definition) is 3. The van der Waals surface area contributed by atoms with E-state index >= 15 is 0 Å². The van der Waals surface area contributed by atoms with E-state index in [9.17, 15) is 4.79 Å². The van der Waals surface area contributed by atoms with Gasteiger partial charge in [-0.05, 0) is 25.3 Å². The number of amides is 1. The zero-order valence-corrected chi connectivity index (χ0v) is 8.90. The molecule has 1 saturated carbocycles. The molecule has 1 aliphatic carbocycles. The van der Waals surface area contributed by atoms with Gasteiger partial charge < -0.3 is 15.8 Å². The van der Waals surface area contributed by atoms with Crippen molar-refractivity contribution in [3.05, 3.63) is 23.8 Å². The van der Waals surface area contributed by atoms with Crippen LogP contribution in [0.3, 0.4) is 0 Å². The lowest BCUT2D eigenvalue weighted by Crippen LogP contribution is -2.24. The Hall–Kier alpha value is -1.55. The van der Waals surface area contributed by atoms with Gasteiger partial charge in [-0.15, -0.1) is 0 Å². The number of carbonyl (C=O) groups excluding carboxylic acids is 1. The number of nitrogens with one attached hydrogen (secondary N) is 1. The van der Waals surface area contributed by atoms with Crippen LogP contribution in [0.25, 0.3) is 0 Å². The summed E-state index contributed by atoms with van der Waals surface area (Å²) in [7, 11) is 0. The van der Waals surface area contributed by atoms with Crippen LogP contribution in [-0.4, -0.2) is 12.0 Å². The van der Waals surface area contributed by atoms with Crippen molar-refractivity contribution in [1.82, 2.24) is 0 Å². The molecule has 1 aromatic rings. The number of anilines is 1. The van der Waals surface area contributed by atoms with Crippen molar-refractivity contribution in [1.29, 1.82) is 0 Å². The topological polar surface area (TPSA) is 64.4 Å². The number of benzene rings is 1. The molecule has 4 nitrogen and oxygen atoms in total. The molecule has 0 radical (unpaired) electrons. The van der Waals surface area contributed by atoms with Gasteiger partial charge >= 0.3 is 0 Å². The SMILES string of the molecule is NC1C(=O)Nc2cc(OC3CCC3)ccc21. The van der Waals surface area contributed by atoms with Gasteiger partial charge in [-0.1, -0.05) is 6.07 Å². The first-order chi connectivity index (χ1) is 7.74. The molecular formula is C12H14N2O2. The van der Waals surface area contributed by atoms with Gasteiger partial charge in [0.1, 0.15) is 11.8 Å². The Morgan fingerprint density at radius 3 is 2.88 bits per heavy atom. The van der Waals surface area contributed by atoms with E-state index < -0.39 is 6.04 Å². The highest BCUT2D eigenvalue weighted by Crippen LogP contribution is 2.34. The van der Waals surface area contributed by atoms with Crippen molar-refractivity contribution < 1.29 is 9.53 Å². The number of nitrogens with two attached hydrogens (primary N) is 1. The van der Waals surface area contributed by atoms with Crippen LogP contribution in [0, 0.1) is 0 Å². The summed E-state index contributed by atoms with van der Waals surface area (Å²) >= 11 is 0. The molecule has 1 amide bonds. The number of carbonyl (C=O) groups is 1. The molecule has 2 aliphatic rings. The maximum absolute atomic E-state index is 11.4. The molecule has 1 aliphatic heterocycles. The minimum absolute atomic E-state index is 0.143. The first-order valence-electron chi connectivity index (χ1n) is 5.61. The molecule has 4 heteroatoms. The lowest BCUT2D eigenvalue weighted by Gasteiger charge is -2.26. The maximum atomic E-state index is 11.4. The average Bonchev–Trinajstić information content (AvgIpc) is 2.49. The van der Waals surface area contributed by atoms with Crippen LogP contribution in [0.4, 0.5) is 5.69 Å². The molecule has 0 spiro atoms. The van der Waals surface area contributed by atoms with E-state index in [1.807, 2.05) is 18.2 Å². The number of rotatable bonds is 2. The van der Waals surface area contributed by atoms with E-state index in [4.69, 9.17) is 10.5 Å². The summed E-state index contributed by atoms with van der Waals surface area (Å²) in [6, 6.07) is 5.08. The lowest BCUT2D eigenvalue weighted by atomic mass is 9.96. The van der Waals surface area contributed by atoms with E-state index in [-0.39, 0.29) is 5.91 Å². The summed E-state index contributed by atoms with van der Waals surface area (Å²) in [6.07, 6.45) is 3.85. The van der Waals surface area contributed by atoms with E-state index in [1.54, 1.807) is 0 Å². The van der Waals surface area contributed by atoms with E-state index in [2.05, 4.69) is 5.32 Å². The van der Waals surface area contributed by atoms with Gasteiger partial charge in [-0.2, -0.15) is 0 Å². The molecule has 1 atom stereocenters. The smallest absolute Gasteiger partial charge is 0.245 e. The van der Waals surface area contributed by atoms with Crippen molar-refractivity contribution >= 4 is 11.6 Å². The normalized spacial score (nSPS) is 23.6. The van der Waals surface area contributed by atoms with E-state index in [0.29, 0.717) is 6.10 Å². The maximum Gasteiger partial charge on any atom is 0.245 e. The average molecular weight is 218 g/mol. The molecule has 16 heavy (non-hydrogen) atoms. The Bertz CT molecular complexity index is 441. The minimum atomic E-state index is -0.534. The lowest BCUT2D eigenvalue weighted by molar-refractivity contribution is -0.116. The third kappa shape index (κ3) is 1.46. The Labute approximate surface area is 93.8 Å². The molecule has 1 unspecified atom stereocenters. The third-order valence-corrected chi connectivity index (χ3v) is 3.26. The first kappa shape index (κ1) is 9.66. The highest BCUT2D eigenvalue weighted by Gasteiger charge is 2.27. The fraction of sp³-hybridized carbons (Fsp3) is 0.417. The van der Waals surface area contributed by atoms with Gasteiger partial charge in [-0.3, -0.25) is 4.79 Å². The van der Waals surface area contributed by atoms with Gasteiger partial charge in [0.25, 0.3) is 0 Å². The molecule has 3 rings (SSSR count). The molecule has 0 aromatic heterocycles. The van der Waals surface area contributed by atoms with Crippen molar-refractivity contribution in [3.63, 3.8) is 0 Å². The summed E-state index contributed by atoms with van der Waals surface area (Å²) in [5.74, 6) is 0.675. The second-order valence-corrected chi connectivity index (χ2v) is 4.39. The molecule has 1 fully saturated rings. The van der Waals surface area contributed by atoms with Gasteiger partial charge in [0, 0.05) is 17.3 Å². The zero-order chi connectivity index (χ0) is 11.1. The molecule has 1 heterocycles. The Morgan fingerprint density at radius 2 is 2.19 bits per heavy atom. The van der Waals surface area contributed by atoms with Crippen LogP contribution in [-0.2, 0) is 4.79 Å². The highest BCUT2D eigenvalue weighted by atomic mass is 16.5. The fourth-order valence-corrected chi connectivity index (χ4v) is 2.02. The van der Waals surface area contributed by atoms with Crippen molar-refractivity contribution in [3.8, 4) is 5.75 Å². The quantitative estimate of drug-likeness (QED) is 0.792. The Balaban J connectivity index is 1.83. The molecule has 0 bridgehead atoms. The molecule has 84 valence electrons. The summed E-state index contributed by atoms with van der Waals surface area (Å²) < 4.78 is 5.75. The van der Waals surface area contributed by atoms with Gasteiger partial charge in [-0.25, -0.2) is 0 Å². The molecule has 1 aromatic carbocycles. The van der Waals surface area contributed by atoms with Crippen molar-refractivity contribution in [2.75, 3.05) is 5.32 Å². The molecule has 0 saturated heterocycles. The van der Waals surface area contributed by atoms with Crippen LogP contribution in [0.15, 0.2) is 18.2 Å². The molecule has 3 N–H and O–H groups in total. The number of hydrogen-bond donors (Lipinski definition) is 2. The van der Waals surface area contributed by atoms with Gasteiger partial charge in [0.05, 0.1) is 6.10 Å². The van der Waals surface area contributed by atoms with Crippen LogP contribution < -0.4 is 15.8 Å². The third-order valence-electron chi connectivity index (χ3n) is 3.26. The van der Waals surface area contributed by atoms with Gasteiger partial charge in [0.15, 0.2) is 0 Å². The van der Waals surface area contributed by atoms with Crippen LogP contribution in [0.2, 0.25) is 0 Å². The van der Waals surface area contributed by atoms with E-state index in [0.717, 1.165) is 29.8 Å². The zero-order valence-electron chi connectivity index (χ0n) is 8.90.